The van der Waals surface area contributed by atoms with Gasteiger partial charge in [-0.3, -0.25) is 0 Å². The lowest BCUT2D eigenvalue weighted by molar-refractivity contribution is 0.607. The van der Waals surface area contributed by atoms with Crippen LogP contribution in [0.4, 0.5) is 5.82 Å². The van der Waals surface area contributed by atoms with Gasteiger partial charge in [0.25, 0.3) is 0 Å². The summed E-state index contributed by atoms with van der Waals surface area (Å²) in [7, 11) is 0. The first kappa shape index (κ1) is 15.3. The molecule has 0 radical (unpaired) electrons. The SMILES string of the molecule is CC(C)CCNc1nc(Cl)nc2sc(-c3ccccc3)cc12. The van der Waals surface area contributed by atoms with Crippen LogP contribution in [-0.2, 0) is 0 Å². The number of benzene rings is 1. The van der Waals surface area contributed by atoms with Crippen molar-refractivity contribution in [2.75, 3.05) is 11.9 Å². The van der Waals surface area contributed by atoms with Crippen LogP contribution in [0.5, 0.6) is 0 Å². The highest BCUT2D eigenvalue weighted by molar-refractivity contribution is 7.22. The van der Waals surface area contributed by atoms with Gasteiger partial charge in [0.15, 0.2) is 0 Å². The molecule has 0 amide bonds. The van der Waals surface area contributed by atoms with E-state index >= 15 is 0 Å². The summed E-state index contributed by atoms with van der Waals surface area (Å²) in [5.41, 5.74) is 1.19. The van der Waals surface area contributed by atoms with Crippen molar-refractivity contribution in [3.05, 3.63) is 41.7 Å². The van der Waals surface area contributed by atoms with Crippen molar-refractivity contribution in [3.8, 4) is 10.4 Å². The molecule has 0 aliphatic heterocycles. The molecule has 3 aromatic rings. The highest BCUT2D eigenvalue weighted by Crippen LogP contribution is 2.35. The number of nitrogens with one attached hydrogen (secondary N) is 1. The van der Waals surface area contributed by atoms with Gasteiger partial charge in [-0.15, -0.1) is 11.3 Å². The van der Waals surface area contributed by atoms with Gasteiger partial charge in [0.05, 0.1) is 5.39 Å². The Kier molecular flexibility index (Phi) is 4.60. The highest BCUT2D eigenvalue weighted by Gasteiger charge is 2.12. The summed E-state index contributed by atoms with van der Waals surface area (Å²) in [6.45, 7) is 5.31. The number of rotatable bonds is 5. The van der Waals surface area contributed by atoms with Crippen LogP contribution in [0.25, 0.3) is 20.7 Å². The molecular formula is C17H18ClN3S. The molecule has 0 aliphatic carbocycles. The van der Waals surface area contributed by atoms with Gasteiger partial charge in [0.2, 0.25) is 5.28 Å². The van der Waals surface area contributed by atoms with Crippen LogP contribution in [0.2, 0.25) is 5.28 Å². The number of aromatic nitrogens is 2. The summed E-state index contributed by atoms with van der Waals surface area (Å²) in [4.78, 5) is 10.8. The molecule has 0 saturated heterocycles. The van der Waals surface area contributed by atoms with E-state index in [0.717, 1.165) is 29.0 Å². The second-order valence-corrected chi connectivity index (χ2v) is 7.01. The molecule has 2 aromatic heterocycles. The number of thiophene rings is 1. The van der Waals surface area contributed by atoms with Gasteiger partial charge in [0, 0.05) is 11.4 Å². The Labute approximate surface area is 139 Å². The minimum absolute atomic E-state index is 0.293. The van der Waals surface area contributed by atoms with Crippen LogP contribution in [0.1, 0.15) is 20.3 Å². The van der Waals surface area contributed by atoms with Crippen LogP contribution >= 0.6 is 22.9 Å². The van der Waals surface area contributed by atoms with Gasteiger partial charge in [-0.25, -0.2) is 9.97 Å². The third-order valence-corrected chi connectivity index (χ3v) is 4.68. The fourth-order valence-corrected chi connectivity index (χ4v) is 3.51. The van der Waals surface area contributed by atoms with Gasteiger partial charge in [-0.1, -0.05) is 44.2 Å². The van der Waals surface area contributed by atoms with Crippen LogP contribution in [-0.4, -0.2) is 16.5 Å². The van der Waals surface area contributed by atoms with E-state index in [2.05, 4.69) is 47.3 Å². The maximum Gasteiger partial charge on any atom is 0.225 e. The third kappa shape index (κ3) is 3.39. The fourth-order valence-electron chi connectivity index (χ4n) is 2.25. The van der Waals surface area contributed by atoms with E-state index < -0.39 is 0 Å². The number of nitrogens with zero attached hydrogens (tertiary/aromatic N) is 2. The highest BCUT2D eigenvalue weighted by atomic mass is 35.5. The predicted octanol–water partition coefficient (Wildman–Crippen LogP) is 5.47. The molecule has 3 rings (SSSR count). The monoisotopic (exact) mass is 331 g/mol. The van der Waals surface area contributed by atoms with Crippen molar-refractivity contribution in [2.24, 2.45) is 5.92 Å². The Bertz CT molecular complexity index is 768. The van der Waals surface area contributed by atoms with Gasteiger partial charge < -0.3 is 5.32 Å². The van der Waals surface area contributed by atoms with E-state index in [0.29, 0.717) is 11.2 Å². The van der Waals surface area contributed by atoms with E-state index in [1.165, 1.54) is 10.4 Å². The first-order valence-corrected chi connectivity index (χ1v) is 8.59. The molecule has 1 aromatic carbocycles. The van der Waals surface area contributed by atoms with Gasteiger partial charge >= 0.3 is 0 Å². The average Bonchev–Trinajstić information content (AvgIpc) is 2.91. The number of fused-ring (bicyclic) bond motifs is 1. The zero-order valence-electron chi connectivity index (χ0n) is 12.6. The van der Waals surface area contributed by atoms with Gasteiger partial charge in [-0.2, -0.15) is 0 Å². The van der Waals surface area contributed by atoms with Crippen molar-refractivity contribution in [3.63, 3.8) is 0 Å². The number of halogens is 1. The molecule has 0 atom stereocenters. The van der Waals surface area contributed by atoms with Crippen molar-refractivity contribution in [1.29, 1.82) is 0 Å². The smallest absolute Gasteiger partial charge is 0.225 e. The maximum absolute atomic E-state index is 6.07. The van der Waals surface area contributed by atoms with Crippen LogP contribution in [0.15, 0.2) is 36.4 Å². The molecule has 114 valence electrons. The summed E-state index contributed by atoms with van der Waals surface area (Å²) >= 11 is 7.71. The van der Waals surface area contributed by atoms with Crippen molar-refractivity contribution in [2.45, 2.75) is 20.3 Å². The van der Waals surface area contributed by atoms with Crippen LogP contribution in [0, 0.1) is 5.92 Å². The molecule has 22 heavy (non-hydrogen) atoms. The van der Waals surface area contributed by atoms with Gasteiger partial charge in [0.1, 0.15) is 10.6 Å². The molecule has 0 unspecified atom stereocenters. The fraction of sp³-hybridized carbons (Fsp3) is 0.294. The maximum atomic E-state index is 6.07. The second-order valence-electron chi connectivity index (χ2n) is 5.65. The Hall–Kier alpha value is -1.65. The first-order chi connectivity index (χ1) is 10.6. The third-order valence-electron chi connectivity index (χ3n) is 3.44. The Morgan fingerprint density at radius 3 is 2.68 bits per heavy atom. The molecule has 0 bridgehead atoms. The largest absolute Gasteiger partial charge is 0.369 e. The normalized spacial score (nSPS) is 11.3. The average molecular weight is 332 g/mol. The van der Waals surface area contributed by atoms with E-state index in [1.807, 2.05) is 18.2 Å². The Morgan fingerprint density at radius 2 is 1.95 bits per heavy atom. The van der Waals surface area contributed by atoms with E-state index in [9.17, 15) is 0 Å². The summed E-state index contributed by atoms with van der Waals surface area (Å²) in [5.74, 6) is 1.48. The molecule has 2 heterocycles. The first-order valence-electron chi connectivity index (χ1n) is 7.40. The summed E-state index contributed by atoms with van der Waals surface area (Å²) in [6, 6.07) is 12.5. The van der Waals surface area contributed by atoms with E-state index in [-0.39, 0.29) is 0 Å². The molecule has 1 N–H and O–H groups in total. The molecule has 0 fully saturated rings. The predicted molar refractivity (Wildman–Crippen MR) is 95.8 cm³/mol. The number of hydrogen-bond acceptors (Lipinski definition) is 4. The van der Waals surface area contributed by atoms with Crippen molar-refractivity contribution >= 4 is 39.0 Å². The van der Waals surface area contributed by atoms with Crippen molar-refractivity contribution < 1.29 is 0 Å². The molecule has 0 spiro atoms. The van der Waals surface area contributed by atoms with Crippen LogP contribution in [0.3, 0.4) is 0 Å². The topological polar surface area (TPSA) is 37.8 Å². The summed E-state index contributed by atoms with van der Waals surface area (Å²) in [5, 5.41) is 4.73. The molecule has 0 saturated carbocycles. The van der Waals surface area contributed by atoms with Crippen LogP contribution < -0.4 is 5.32 Å². The van der Waals surface area contributed by atoms with Crippen molar-refractivity contribution in [1.82, 2.24) is 9.97 Å². The van der Waals surface area contributed by atoms with E-state index in [1.54, 1.807) is 11.3 Å². The zero-order chi connectivity index (χ0) is 15.5. The minimum atomic E-state index is 0.293. The molecule has 0 aliphatic rings. The standard InChI is InChI=1S/C17H18ClN3S/c1-11(2)8-9-19-15-13-10-14(12-6-4-3-5-7-12)22-16(13)21-17(18)20-15/h3-7,10-11H,8-9H2,1-2H3,(H,19,20,21). The van der Waals surface area contributed by atoms with Gasteiger partial charge in [-0.05, 0) is 35.6 Å². The molecule has 5 heteroatoms. The second kappa shape index (κ2) is 6.63. The summed E-state index contributed by atoms with van der Waals surface area (Å²) in [6.07, 6.45) is 1.10. The summed E-state index contributed by atoms with van der Waals surface area (Å²) < 4.78 is 0. The van der Waals surface area contributed by atoms with E-state index in [4.69, 9.17) is 11.6 Å². The lowest BCUT2D eigenvalue weighted by Gasteiger charge is -2.08. The zero-order valence-corrected chi connectivity index (χ0v) is 14.2. The molecular weight excluding hydrogens is 314 g/mol. The minimum Gasteiger partial charge on any atom is -0.369 e. The number of anilines is 1. The Balaban J connectivity index is 1.96. The Morgan fingerprint density at radius 1 is 1.18 bits per heavy atom. The molecule has 3 nitrogen and oxygen atoms in total. The number of hydrogen-bond donors (Lipinski definition) is 1. The lowest BCUT2D eigenvalue weighted by Crippen LogP contribution is -2.06. The lowest BCUT2D eigenvalue weighted by atomic mass is 10.1. The quantitative estimate of drug-likeness (QED) is 0.630.